The Morgan fingerprint density at radius 1 is 1.27 bits per heavy atom. The molecule has 0 radical (unpaired) electrons. The van der Waals surface area contributed by atoms with E-state index in [9.17, 15) is 8.42 Å². The lowest BCUT2D eigenvalue weighted by Crippen LogP contribution is -2.18. The minimum atomic E-state index is -3.29. The second kappa shape index (κ2) is 4.77. The summed E-state index contributed by atoms with van der Waals surface area (Å²) in [6, 6.07) is 7.02. The molecule has 86 valence electrons. The maximum absolute atomic E-state index is 11.4. The average molecular weight is 229 g/mol. The van der Waals surface area contributed by atoms with E-state index in [0.717, 1.165) is 6.42 Å². The van der Waals surface area contributed by atoms with Gasteiger partial charge in [-0.15, -0.1) is 0 Å². The van der Waals surface area contributed by atoms with E-state index < -0.39 is 10.0 Å². The van der Waals surface area contributed by atoms with Crippen LogP contribution in [0.2, 0.25) is 0 Å². The topological polar surface area (TPSA) is 46.2 Å². The van der Waals surface area contributed by atoms with E-state index in [-0.39, 0.29) is 1.43 Å². The molecule has 0 heterocycles. The van der Waals surface area contributed by atoms with Gasteiger partial charge in [0.15, 0.2) is 0 Å². The summed E-state index contributed by atoms with van der Waals surface area (Å²) in [5.41, 5.74) is 1.17. The number of benzene rings is 1. The molecule has 3 nitrogen and oxygen atoms in total. The Kier molecular flexibility index (Phi) is 3.88. The average Bonchev–Trinajstić information content (AvgIpc) is 2.18. The first-order valence-corrected chi connectivity index (χ1v) is 6.46. The summed E-state index contributed by atoms with van der Waals surface area (Å²) in [7, 11) is -1.88. The summed E-state index contributed by atoms with van der Waals surface area (Å²) in [6.07, 6.45) is 0.972. The molecule has 0 aromatic heterocycles. The number of nitrogens with one attached hydrogen (secondary N) is 1. The van der Waals surface area contributed by atoms with Gasteiger partial charge >= 0.3 is 0 Å². The fourth-order valence-electron chi connectivity index (χ4n) is 1.39. The van der Waals surface area contributed by atoms with Crippen LogP contribution < -0.4 is 4.72 Å². The lowest BCUT2D eigenvalue weighted by atomic mass is 10.0. The fourth-order valence-corrected chi connectivity index (χ4v) is 2.12. The van der Waals surface area contributed by atoms with Crippen molar-refractivity contribution < 1.29 is 9.84 Å². The molecule has 0 spiro atoms. The Hall–Kier alpha value is -0.870. The molecule has 0 amide bonds. The molecule has 0 aliphatic carbocycles. The van der Waals surface area contributed by atoms with Gasteiger partial charge in [-0.3, -0.25) is 0 Å². The van der Waals surface area contributed by atoms with Gasteiger partial charge in [0.25, 0.3) is 0 Å². The van der Waals surface area contributed by atoms with Crippen molar-refractivity contribution in [3.8, 4) is 0 Å². The number of sulfonamides is 1. The predicted molar refractivity (Wildman–Crippen MR) is 63.3 cm³/mol. The fraction of sp³-hybridized carbons (Fsp3) is 0.455. The zero-order valence-electron chi connectivity index (χ0n) is 9.32. The standard InChI is InChI=1S/C11H17NO2S.H2/c1-9(2)8-10-4-6-11(7-5-10)15(13,14)12-3;/h4-7,9,12H,8H2,1-3H3;1H. The molecule has 0 saturated heterocycles. The van der Waals surface area contributed by atoms with Crippen LogP contribution in [0.3, 0.4) is 0 Å². The molecule has 0 unspecified atom stereocenters. The summed E-state index contributed by atoms with van der Waals surface area (Å²) in [5, 5.41) is 0. The summed E-state index contributed by atoms with van der Waals surface area (Å²) in [4.78, 5) is 0.317. The molecule has 15 heavy (non-hydrogen) atoms. The highest BCUT2D eigenvalue weighted by Gasteiger charge is 2.10. The zero-order chi connectivity index (χ0) is 11.5. The van der Waals surface area contributed by atoms with Gasteiger partial charge in [0.2, 0.25) is 10.0 Å². The van der Waals surface area contributed by atoms with Crippen LogP contribution in [-0.4, -0.2) is 15.5 Å². The van der Waals surface area contributed by atoms with E-state index in [2.05, 4.69) is 18.6 Å². The molecule has 0 saturated carbocycles. The predicted octanol–water partition coefficient (Wildman–Crippen LogP) is 2.04. The minimum Gasteiger partial charge on any atom is -0.214 e. The van der Waals surface area contributed by atoms with Gasteiger partial charge in [0.1, 0.15) is 0 Å². The Bertz CT molecular complexity index is 412. The smallest absolute Gasteiger partial charge is 0.214 e. The summed E-state index contributed by atoms with van der Waals surface area (Å²) in [5.74, 6) is 0.580. The number of hydrogen-bond donors (Lipinski definition) is 1. The van der Waals surface area contributed by atoms with Crippen molar-refractivity contribution in [3.63, 3.8) is 0 Å². The van der Waals surface area contributed by atoms with E-state index in [1.54, 1.807) is 12.1 Å². The summed E-state index contributed by atoms with van der Waals surface area (Å²) in [6.45, 7) is 4.27. The van der Waals surface area contributed by atoms with Gasteiger partial charge in [-0.1, -0.05) is 26.0 Å². The van der Waals surface area contributed by atoms with Crippen molar-refractivity contribution >= 4 is 10.0 Å². The molecule has 0 bridgehead atoms. The molecule has 1 aromatic rings. The highest BCUT2D eigenvalue weighted by atomic mass is 32.2. The largest absolute Gasteiger partial charge is 0.240 e. The first-order chi connectivity index (χ1) is 6.95. The quantitative estimate of drug-likeness (QED) is 0.858. The van der Waals surface area contributed by atoms with Crippen molar-refractivity contribution in [3.05, 3.63) is 29.8 Å². The van der Waals surface area contributed by atoms with Crippen LogP contribution in [0.25, 0.3) is 0 Å². The Morgan fingerprint density at radius 3 is 2.20 bits per heavy atom. The monoisotopic (exact) mass is 229 g/mol. The molecular formula is C11H19NO2S. The van der Waals surface area contributed by atoms with Crippen molar-refractivity contribution in [1.82, 2.24) is 4.72 Å². The Morgan fingerprint density at radius 2 is 1.80 bits per heavy atom. The van der Waals surface area contributed by atoms with E-state index in [0.29, 0.717) is 10.8 Å². The second-order valence-corrected chi connectivity index (χ2v) is 5.84. The third-order valence-corrected chi connectivity index (χ3v) is 3.58. The Balaban J connectivity index is 0.00000225. The minimum absolute atomic E-state index is 0. The van der Waals surface area contributed by atoms with Gasteiger partial charge in [-0.2, -0.15) is 0 Å². The van der Waals surface area contributed by atoms with Crippen LogP contribution in [0.15, 0.2) is 29.2 Å². The van der Waals surface area contributed by atoms with Crippen LogP contribution in [0.5, 0.6) is 0 Å². The lowest BCUT2D eigenvalue weighted by molar-refractivity contribution is 0.588. The third kappa shape index (κ3) is 3.32. The molecule has 0 aliphatic heterocycles. The van der Waals surface area contributed by atoms with Crippen molar-refractivity contribution in [2.45, 2.75) is 25.2 Å². The van der Waals surface area contributed by atoms with E-state index in [1.165, 1.54) is 12.6 Å². The maximum Gasteiger partial charge on any atom is 0.240 e. The molecule has 4 heteroatoms. The van der Waals surface area contributed by atoms with E-state index in [1.807, 2.05) is 12.1 Å². The van der Waals surface area contributed by atoms with Crippen LogP contribution >= 0.6 is 0 Å². The third-order valence-electron chi connectivity index (χ3n) is 2.15. The molecule has 0 aliphatic rings. The van der Waals surface area contributed by atoms with Gasteiger partial charge < -0.3 is 0 Å². The summed E-state index contributed by atoms with van der Waals surface area (Å²) < 4.78 is 25.1. The van der Waals surface area contributed by atoms with Crippen molar-refractivity contribution in [1.29, 1.82) is 0 Å². The van der Waals surface area contributed by atoms with Gasteiger partial charge in [0.05, 0.1) is 4.90 Å². The highest BCUT2D eigenvalue weighted by Crippen LogP contribution is 2.12. The number of hydrogen-bond acceptors (Lipinski definition) is 2. The summed E-state index contributed by atoms with van der Waals surface area (Å²) >= 11 is 0. The molecule has 1 rings (SSSR count). The van der Waals surface area contributed by atoms with Gasteiger partial charge in [0, 0.05) is 1.43 Å². The van der Waals surface area contributed by atoms with Crippen LogP contribution in [0, 0.1) is 5.92 Å². The first kappa shape index (κ1) is 12.2. The normalized spacial score (nSPS) is 12.0. The van der Waals surface area contributed by atoms with Crippen LogP contribution in [-0.2, 0) is 16.4 Å². The van der Waals surface area contributed by atoms with Crippen molar-refractivity contribution in [2.24, 2.45) is 5.92 Å². The van der Waals surface area contributed by atoms with E-state index >= 15 is 0 Å². The molecule has 1 aromatic carbocycles. The van der Waals surface area contributed by atoms with Crippen LogP contribution in [0.1, 0.15) is 20.8 Å². The maximum atomic E-state index is 11.4. The SMILES string of the molecule is CNS(=O)(=O)c1ccc(CC(C)C)cc1.[HH]. The molecular weight excluding hydrogens is 210 g/mol. The van der Waals surface area contributed by atoms with Crippen molar-refractivity contribution in [2.75, 3.05) is 7.05 Å². The van der Waals surface area contributed by atoms with Gasteiger partial charge in [-0.25, -0.2) is 13.1 Å². The van der Waals surface area contributed by atoms with Gasteiger partial charge in [-0.05, 0) is 37.1 Å². The second-order valence-electron chi connectivity index (χ2n) is 3.95. The lowest BCUT2D eigenvalue weighted by Gasteiger charge is -2.06. The molecule has 0 atom stereocenters. The molecule has 0 fully saturated rings. The zero-order valence-corrected chi connectivity index (χ0v) is 10.1. The first-order valence-electron chi connectivity index (χ1n) is 4.98. The van der Waals surface area contributed by atoms with E-state index in [4.69, 9.17) is 0 Å². The highest BCUT2D eigenvalue weighted by molar-refractivity contribution is 7.89. The Labute approximate surface area is 93.1 Å². The number of rotatable bonds is 4. The molecule has 1 N–H and O–H groups in total. The van der Waals surface area contributed by atoms with Crippen LogP contribution in [0.4, 0.5) is 0 Å².